The van der Waals surface area contributed by atoms with Crippen LogP contribution in [0.4, 0.5) is 5.82 Å². The van der Waals surface area contributed by atoms with E-state index in [1.165, 1.54) is 13.3 Å². The quantitative estimate of drug-likeness (QED) is 0.125. The zero-order valence-corrected chi connectivity index (χ0v) is 22.8. The maximum Gasteiger partial charge on any atom is 0.311 e. The normalized spacial score (nSPS) is 27.5. The largest absolute Gasteiger partial charge is 0.464 e. The molecular weight excluding hydrogens is 502 g/mol. The van der Waals surface area contributed by atoms with E-state index in [4.69, 9.17) is 21.9 Å². The molecule has 2 aromatic rings. The third-order valence-corrected chi connectivity index (χ3v) is 8.27. The lowest BCUT2D eigenvalue weighted by Gasteiger charge is -2.35. The number of H-pyrrole nitrogens is 1. The van der Waals surface area contributed by atoms with Crippen molar-refractivity contribution >= 4 is 34.7 Å². The summed E-state index contributed by atoms with van der Waals surface area (Å²) in [4.78, 5) is 41.2. The van der Waals surface area contributed by atoms with E-state index in [-0.39, 0.29) is 48.9 Å². The predicted octanol–water partition coefficient (Wildman–Crippen LogP) is 0.456. The number of ether oxygens (including phenoxy) is 1. The summed E-state index contributed by atoms with van der Waals surface area (Å²) in [5.41, 5.74) is 19.8. The van der Waals surface area contributed by atoms with Gasteiger partial charge < -0.3 is 42.7 Å². The number of carbonyl (C=O) groups is 2. The van der Waals surface area contributed by atoms with Crippen LogP contribution >= 0.6 is 0 Å². The van der Waals surface area contributed by atoms with E-state index in [1.807, 2.05) is 20.0 Å². The van der Waals surface area contributed by atoms with Gasteiger partial charge >= 0.3 is 5.97 Å². The number of esters is 1. The van der Waals surface area contributed by atoms with Gasteiger partial charge in [-0.05, 0) is 25.2 Å². The van der Waals surface area contributed by atoms with Crippen molar-refractivity contribution in [2.45, 2.75) is 83.1 Å². The lowest BCUT2D eigenvalue weighted by atomic mass is 9.80. The van der Waals surface area contributed by atoms with E-state index in [2.05, 4.69) is 30.6 Å². The number of rotatable bonds is 10. The Hall–Kier alpha value is -3.45. The molecule has 4 rings (SSSR count). The van der Waals surface area contributed by atoms with E-state index >= 15 is 0 Å². The molecule has 2 unspecified atom stereocenters. The summed E-state index contributed by atoms with van der Waals surface area (Å²) in [5, 5.41) is 17.9. The third-order valence-electron chi connectivity index (χ3n) is 8.27. The Bertz CT molecular complexity index is 1190. The van der Waals surface area contributed by atoms with Crippen LogP contribution in [0.5, 0.6) is 0 Å². The topological polar surface area (TPSA) is 220 Å². The van der Waals surface area contributed by atoms with E-state index in [0.29, 0.717) is 11.3 Å². The highest BCUT2D eigenvalue weighted by Crippen LogP contribution is 2.40. The van der Waals surface area contributed by atoms with Crippen molar-refractivity contribution in [2.24, 2.45) is 34.2 Å². The standard InChI is InChI=1S/C26H41N9O4/c1-4-13(5-2)20(33-12(3)36)19-18(35-26(28)29)8-15(23(19)37)25(38)39-10-14-6-7-17(34-14)16-9-30-22-21(16)31-11-32-24(22)27/h9,11,13-15,17-20,23,30,34,37H,4-8,10H2,1-3H3,(H,33,36)(H2,27,31,32)(H4,28,29,35)/t14-,15-,17+,18+,19?,20?,23+/m0/s1. The predicted molar refractivity (Wildman–Crippen MR) is 147 cm³/mol. The molecule has 214 valence electrons. The van der Waals surface area contributed by atoms with E-state index in [0.717, 1.165) is 36.8 Å². The number of carbonyl (C=O) groups excluding carboxylic acids is 2. The fourth-order valence-electron chi connectivity index (χ4n) is 6.36. The Morgan fingerprint density at radius 3 is 2.67 bits per heavy atom. The molecule has 0 radical (unpaired) electrons. The number of aliphatic imine (C=N–C) groups is 1. The number of fused-ring (bicyclic) bond motifs is 1. The van der Waals surface area contributed by atoms with Crippen molar-refractivity contribution in [1.82, 2.24) is 25.6 Å². The first kappa shape index (κ1) is 28.6. The van der Waals surface area contributed by atoms with Gasteiger partial charge in [0.05, 0.1) is 23.6 Å². The monoisotopic (exact) mass is 543 g/mol. The first-order chi connectivity index (χ1) is 18.6. The maximum absolute atomic E-state index is 13.2. The minimum atomic E-state index is -1.07. The summed E-state index contributed by atoms with van der Waals surface area (Å²) in [6.07, 6.45) is 5.71. The summed E-state index contributed by atoms with van der Waals surface area (Å²) in [5.74, 6) is -1.67. The smallest absolute Gasteiger partial charge is 0.311 e. The van der Waals surface area contributed by atoms with E-state index < -0.39 is 30.0 Å². The first-order valence-electron chi connectivity index (χ1n) is 13.7. The van der Waals surface area contributed by atoms with Crippen molar-refractivity contribution < 1.29 is 19.4 Å². The fraction of sp³-hybridized carbons (Fsp3) is 0.654. The van der Waals surface area contributed by atoms with Crippen LogP contribution in [0.3, 0.4) is 0 Å². The molecule has 0 spiro atoms. The van der Waals surface area contributed by atoms with Crippen LogP contribution in [0.2, 0.25) is 0 Å². The summed E-state index contributed by atoms with van der Waals surface area (Å²) >= 11 is 0. The van der Waals surface area contributed by atoms with Gasteiger partial charge in [-0.3, -0.25) is 9.59 Å². The van der Waals surface area contributed by atoms with Gasteiger partial charge in [0.1, 0.15) is 18.5 Å². The maximum atomic E-state index is 13.2. The molecule has 1 aliphatic heterocycles. The minimum absolute atomic E-state index is 0.0304. The number of nitrogens with two attached hydrogens (primary N) is 3. The highest BCUT2D eigenvalue weighted by Gasteiger charge is 2.51. The Morgan fingerprint density at radius 2 is 2.00 bits per heavy atom. The number of aliphatic hydroxyl groups excluding tert-OH is 1. The van der Waals surface area contributed by atoms with Crippen LogP contribution in [0, 0.1) is 17.8 Å². The Morgan fingerprint density at radius 1 is 1.26 bits per heavy atom. The van der Waals surface area contributed by atoms with Crippen molar-refractivity contribution in [3.8, 4) is 0 Å². The SMILES string of the molecule is CCC(CC)C(NC(C)=O)C1[C@H](N=C(N)N)C[C@H](C(=O)OC[C@@H]2CC[C@H](c3c[nH]c4c(N)ncnc34)N2)[C@H]1O. The third kappa shape index (κ3) is 6.09. The van der Waals surface area contributed by atoms with E-state index in [9.17, 15) is 14.7 Å². The Labute approximate surface area is 227 Å². The van der Waals surface area contributed by atoms with Gasteiger partial charge in [-0.2, -0.15) is 0 Å². The number of amides is 1. The van der Waals surface area contributed by atoms with Gasteiger partial charge in [0.2, 0.25) is 5.91 Å². The molecular formula is C26H41N9O4. The van der Waals surface area contributed by atoms with Crippen LogP contribution in [-0.4, -0.2) is 68.7 Å². The number of nitrogen functional groups attached to an aromatic ring is 1. The lowest BCUT2D eigenvalue weighted by Crippen LogP contribution is -2.51. The van der Waals surface area contributed by atoms with Crippen LogP contribution in [0.25, 0.3) is 11.0 Å². The molecule has 1 amide bonds. The zero-order valence-electron chi connectivity index (χ0n) is 22.8. The van der Waals surface area contributed by atoms with Crippen molar-refractivity contribution in [3.05, 3.63) is 18.1 Å². The summed E-state index contributed by atoms with van der Waals surface area (Å²) in [6, 6.07) is -0.930. The molecule has 0 aromatic carbocycles. The van der Waals surface area contributed by atoms with Gasteiger partial charge in [0.15, 0.2) is 11.8 Å². The average molecular weight is 544 g/mol. The number of aromatic amines is 1. The second-order valence-corrected chi connectivity index (χ2v) is 10.7. The molecule has 13 heteroatoms. The van der Waals surface area contributed by atoms with Gasteiger partial charge in [-0.15, -0.1) is 0 Å². The Balaban J connectivity index is 1.42. The highest BCUT2D eigenvalue weighted by molar-refractivity contribution is 5.87. The summed E-state index contributed by atoms with van der Waals surface area (Å²) in [6.45, 7) is 5.67. The van der Waals surface area contributed by atoms with Gasteiger partial charge in [0, 0.05) is 42.7 Å². The number of guanidine groups is 1. The van der Waals surface area contributed by atoms with Crippen molar-refractivity contribution in [2.75, 3.05) is 12.3 Å². The van der Waals surface area contributed by atoms with Crippen LogP contribution in [0.15, 0.2) is 17.5 Å². The first-order valence-corrected chi connectivity index (χ1v) is 13.7. The number of aromatic nitrogens is 3. The Kier molecular flexibility index (Phi) is 8.90. The number of nitrogens with one attached hydrogen (secondary N) is 3. The average Bonchev–Trinajstić information content (AvgIpc) is 3.60. The molecule has 10 N–H and O–H groups in total. The van der Waals surface area contributed by atoms with Crippen molar-refractivity contribution in [1.29, 1.82) is 0 Å². The molecule has 2 fully saturated rings. The highest BCUT2D eigenvalue weighted by atomic mass is 16.5. The lowest BCUT2D eigenvalue weighted by molar-refractivity contribution is -0.152. The molecule has 0 bridgehead atoms. The number of nitrogens with zero attached hydrogens (tertiary/aromatic N) is 3. The zero-order chi connectivity index (χ0) is 28.3. The molecule has 1 saturated heterocycles. The molecule has 1 saturated carbocycles. The second kappa shape index (κ2) is 12.2. The minimum Gasteiger partial charge on any atom is -0.464 e. The van der Waals surface area contributed by atoms with Gasteiger partial charge in [-0.25, -0.2) is 15.0 Å². The molecule has 13 nitrogen and oxygen atoms in total. The summed E-state index contributed by atoms with van der Waals surface area (Å²) < 4.78 is 5.72. The summed E-state index contributed by atoms with van der Waals surface area (Å²) in [7, 11) is 0. The van der Waals surface area contributed by atoms with Crippen LogP contribution in [-0.2, 0) is 14.3 Å². The number of hydrogen-bond acceptors (Lipinski definition) is 9. The van der Waals surface area contributed by atoms with Crippen molar-refractivity contribution in [3.63, 3.8) is 0 Å². The van der Waals surface area contributed by atoms with Gasteiger partial charge in [0.25, 0.3) is 0 Å². The molecule has 2 aromatic heterocycles. The molecule has 3 heterocycles. The molecule has 7 atom stereocenters. The number of anilines is 1. The molecule has 1 aliphatic carbocycles. The number of hydrogen-bond donors (Lipinski definition) is 7. The molecule has 39 heavy (non-hydrogen) atoms. The van der Waals surface area contributed by atoms with Gasteiger partial charge in [-0.1, -0.05) is 26.7 Å². The second-order valence-electron chi connectivity index (χ2n) is 10.7. The fourth-order valence-corrected chi connectivity index (χ4v) is 6.36. The number of aliphatic hydroxyl groups is 1. The molecule has 2 aliphatic rings. The van der Waals surface area contributed by atoms with E-state index in [1.54, 1.807) is 0 Å². The van der Waals surface area contributed by atoms with Crippen LogP contribution < -0.4 is 27.8 Å². The van der Waals surface area contributed by atoms with Crippen LogP contribution in [0.1, 0.15) is 64.5 Å².